The van der Waals surface area contributed by atoms with Gasteiger partial charge in [0.2, 0.25) is 5.91 Å². The average Bonchev–Trinajstić information content (AvgIpc) is 2.33. The topological polar surface area (TPSA) is 79.6 Å². The second-order valence-electron chi connectivity index (χ2n) is 4.19. The Morgan fingerprint density at radius 3 is 2.37 bits per heavy atom. The normalized spacial score (nSPS) is 10.3. The highest BCUT2D eigenvalue weighted by atomic mass is 16.4. The van der Waals surface area contributed by atoms with Crippen molar-refractivity contribution in [2.45, 2.75) is 27.3 Å². The second kappa shape index (κ2) is 6.17. The summed E-state index contributed by atoms with van der Waals surface area (Å²) in [6, 6.07) is 1.24. The zero-order valence-electron chi connectivity index (χ0n) is 11.3. The van der Waals surface area contributed by atoms with Crippen LogP contribution in [0.5, 0.6) is 0 Å². The van der Waals surface area contributed by atoms with Gasteiger partial charge in [0.25, 0.3) is 0 Å². The first-order chi connectivity index (χ1) is 8.90. The summed E-state index contributed by atoms with van der Waals surface area (Å²) in [5, 5.41) is 8.91. The molecule has 0 saturated heterocycles. The molecule has 0 atom stereocenters. The van der Waals surface area contributed by atoms with Gasteiger partial charge in [0, 0.05) is 31.0 Å². The summed E-state index contributed by atoms with van der Waals surface area (Å²) >= 11 is 0. The SMILES string of the molecule is CCN(CC)C(=O)Cn1cc(C(=O)O)c(=O)cc1C. The number of aromatic carboxylic acids is 1. The number of carboxylic acids is 1. The van der Waals surface area contributed by atoms with Gasteiger partial charge in [-0.05, 0) is 20.8 Å². The van der Waals surface area contributed by atoms with Crippen LogP contribution >= 0.6 is 0 Å². The van der Waals surface area contributed by atoms with Crippen molar-refractivity contribution >= 4 is 11.9 Å². The molecule has 19 heavy (non-hydrogen) atoms. The third kappa shape index (κ3) is 3.43. The zero-order chi connectivity index (χ0) is 14.6. The van der Waals surface area contributed by atoms with E-state index in [0.717, 1.165) is 0 Å². The lowest BCUT2D eigenvalue weighted by molar-refractivity contribution is -0.131. The highest BCUT2D eigenvalue weighted by molar-refractivity contribution is 5.87. The van der Waals surface area contributed by atoms with Crippen LogP contribution < -0.4 is 5.43 Å². The predicted octanol–water partition coefficient (Wildman–Crippen LogP) is 0.723. The maximum absolute atomic E-state index is 12.0. The molecule has 0 fully saturated rings. The minimum absolute atomic E-state index is 0.0358. The van der Waals surface area contributed by atoms with Crippen LogP contribution in [0.2, 0.25) is 0 Å². The molecule has 1 aromatic rings. The van der Waals surface area contributed by atoms with Crippen LogP contribution in [0, 0.1) is 6.92 Å². The highest BCUT2D eigenvalue weighted by Gasteiger charge is 2.14. The standard InChI is InChI=1S/C13H18N2O4/c1-4-14(5-2)12(17)8-15-7-10(13(18)19)11(16)6-9(15)3/h6-7H,4-5,8H2,1-3H3,(H,18,19). The molecule has 6 nitrogen and oxygen atoms in total. The Morgan fingerprint density at radius 2 is 1.89 bits per heavy atom. The Balaban J connectivity index is 3.08. The average molecular weight is 266 g/mol. The van der Waals surface area contributed by atoms with Crippen molar-refractivity contribution in [3.63, 3.8) is 0 Å². The van der Waals surface area contributed by atoms with E-state index in [0.29, 0.717) is 18.8 Å². The number of amides is 1. The molecule has 1 aromatic heterocycles. The van der Waals surface area contributed by atoms with Crippen molar-refractivity contribution in [1.82, 2.24) is 9.47 Å². The van der Waals surface area contributed by atoms with E-state index in [1.165, 1.54) is 16.8 Å². The fourth-order valence-corrected chi connectivity index (χ4v) is 1.82. The second-order valence-corrected chi connectivity index (χ2v) is 4.19. The summed E-state index contributed by atoms with van der Waals surface area (Å²) in [6.45, 7) is 6.65. The van der Waals surface area contributed by atoms with E-state index < -0.39 is 11.4 Å². The van der Waals surface area contributed by atoms with Gasteiger partial charge in [-0.3, -0.25) is 9.59 Å². The van der Waals surface area contributed by atoms with Crippen LogP contribution in [-0.4, -0.2) is 39.5 Å². The van der Waals surface area contributed by atoms with E-state index in [2.05, 4.69) is 0 Å². The van der Waals surface area contributed by atoms with Gasteiger partial charge >= 0.3 is 5.97 Å². The quantitative estimate of drug-likeness (QED) is 0.851. The Bertz CT molecular complexity index is 544. The number of aromatic nitrogens is 1. The molecule has 0 aliphatic carbocycles. The molecule has 0 aliphatic heterocycles. The van der Waals surface area contributed by atoms with Crippen LogP contribution in [0.3, 0.4) is 0 Å². The van der Waals surface area contributed by atoms with E-state index in [9.17, 15) is 14.4 Å². The molecular weight excluding hydrogens is 248 g/mol. The number of aryl methyl sites for hydroxylation is 1. The molecule has 0 radical (unpaired) electrons. The summed E-state index contributed by atoms with van der Waals surface area (Å²) in [5.74, 6) is -1.39. The number of pyridine rings is 1. The third-order valence-electron chi connectivity index (χ3n) is 3.00. The first kappa shape index (κ1) is 14.9. The van der Waals surface area contributed by atoms with Crippen LogP contribution in [-0.2, 0) is 11.3 Å². The van der Waals surface area contributed by atoms with Gasteiger partial charge in [-0.1, -0.05) is 0 Å². The highest BCUT2D eigenvalue weighted by Crippen LogP contribution is 2.02. The Hall–Kier alpha value is -2.11. The molecular formula is C13H18N2O4. The number of likely N-dealkylation sites (N-methyl/N-ethyl adjacent to an activating group) is 1. The molecule has 0 unspecified atom stereocenters. The summed E-state index contributed by atoms with van der Waals surface area (Å²) in [4.78, 5) is 36.0. The molecule has 1 heterocycles. The monoisotopic (exact) mass is 266 g/mol. The van der Waals surface area contributed by atoms with Gasteiger partial charge in [0.05, 0.1) is 0 Å². The van der Waals surface area contributed by atoms with E-state index in [1.54, 1.807) is 11.8 Å². The number of hydrogen-bond donors (Lipinski definition) is 1. The Labute approximate surface area is 111 Å². The minimum Gasteiger partial charge on any atom is -0.477 e. The van der Waals surface area contributed by atoms with Gasteiger partial charge < -0.3 is 14.6 Å². The van der Waals surface area contributed by atoms with Gasteiger partial charge in [-0.2, -0.15) is 0 Å². The fourth-order valence-electron chi connectivity index (χ4n) is 1.82. The molecule has 1 rings (SSSR count). The number of carbonyl (C=O) groups excluding carboxylic acids is 1. The summed E-state index contributed by atoms with van der Waals surface area (Å²) in [7, 11) is 0. The number of hydrogen-bond acceptors (Lipinski definition) is 3. The summed E-state index contributed by atoms with van der Waals surface area (Å²) in [6.07, 6.45) is 1.22. The third-order valence-corrected chi connectivity index (χ3v) is 3.00. The van der Waals surface area contributed by atoms with E-state index >= 15 is 0 Å². The first-order valence-electron chi connectivity index (χ1n) is 6.12. The predicted molar refractivity (Wildman–Crippen MR) is 70.3 cm³/mol. The van der Waals surface area contributed by atoms with E-state index in [1.807, 2.05) is 13.8 Å². The van der Waals surface area contributed by atoms with Gasteiger partial charge in [0.1, 0.15) is 12.1 Å². The lowest BCUT2D eigenvalue weighted by atomic mass is 10.2. The van der Waals surface area contributed by atoms with Crippen molar-refractivity contribution in [3.05, 3.63) is 33.7 Å². The molecule has 1 N–H and O–H groups in total. The Morgan fingerprint density at radius 1 is 1.32 bits per heavy atom. The molecule has 0 bridgehead atoms. The number of carboxylic acid groups (broad SMARTS) is 1. The maximum atomic E-state index is 12.0. The van der Waals surface area contributed by atoms with Crippen LogP contribution in [0.25, 0.3) is 0 Å². The van der Waals surface area contributed by atoms with Crippen LogP contribution in [0.4, 0.5) is 0 Å². The molecule has 0 aromatic carbocycles. The molecule has 1 amide bonds. The largest absolute Gasteiger partial charge is 0.477 e. The van der Waals surface area contributed by atoms with Crippen molar-refractivity contribution in [1.29, 1.82) is 0 Å². The van der Waals surface area contributed by atoms with Crippen molar-refractivity contribution in [2.24, 2.45) is 0 Å². The van der Waals surface area contributed by atoms with Crippen molar-refractivity contribution in [3.8, 4) is 0 Å². The first-order valence-corrected chi connectivity index (χ1v) is 6.12. The van der Waals surface area contributed by atoms with E-state index in [-0.39, 0.29) is 18.0 Å². The number of carbonyl (C=O) groups is 2. The molecule has 0 saturated carbocycles. The molecule has 0 spiro atoms. The number of nitrogens with zero attached hydrogens (tertiary/aromatic N) is 2. The summed E-state index contributed by atoms with van der Waals surface area (Å²) in [5.41, 5.74) is -0.301. The zero-order valence-corrected chi connectivity index (χ0v) is 11.3. The fraction of sp³-hybridized carbons (Fsp3) is 0.462. The van der Waals surface area contributed by atoms with Gasteiger partial charge in [-0.25, -0.2) is 4.79 Å². The lowest BCUT2D eigenvalue weighted by Crippen LogP contribution is -2.34. The number of rotatable bonds is 5. The molecule has 6 heteroatoms. The van der Waals surface area contributed by atoms with Crippen molar-refractivity contribution in [2.75, 3.05) is 13.1 Å². The molecule has 104 valence electrons. The smallest absolute Gasteiger partial charge is 0.341 e. The lowest BCUT2D eigenvalue weighted by Gasteiger charge is -2.20. The van der Waals surface area contributed by atoms with Crippen molar-refractivity contribution < 1.29 is 14.7 Å². The van der Waals surface area contributed by atoms with Gasteiger partial charge in [0.15, 0.2) is 5.43 Å². The summed E-state index contributed by atoms with van der Waals surface area (Å²) < 4.78 is 1.49. The van der Waals surface area contributed by atoms with E-state index in [4.69, 9.17) is 5.11 Å². The van der Waals surface area contributed by atoms with Gasteiger partial charge in [-0.15, -0.1) is 0 Å². The molecule has 0 aliphatic rings. The van der Waals surface area contributed by atoms with Crippen LogP contribution in [0.15, 0.2) is 17.1 Å². The maximum Gasteiger partial charge on any atom is 0.341 e. The minimum atomic E-state index is -1.28. The van der Waals surface area contributed by atoms with Crippen LogP contribution in [0.1, 0.15) is 29.9 Å². The Kier molecular flexibility index (Phi) is 4.86.